The quantitative estimate of drug-likeness (QED) is 0.567. The van der Waals surface area contributed by atoms with Crippen LogP contribution in [0.1, 0.15) is 13.8 Å². The summed E-state index contributed by atoms with van der Waals surface area (Å²) in [6.07, 6.45) is -0.120. The summed E-state index contributed by atoms with van der Waals surface area (Å²) < 4.78 is 37.7. The van der Waals surface area contributed by atoms with Gasteiger partial charge in [0.15, 0.2) is 0 Å². The third-order valence-corrected chi connectivity index (χ3v) is 6.41. The second-order valence-electron chi connectivity index (χ2n) is 6.59. The van der Waals surface area contributed by atoms with Crippen LogP contribution in [0.15, 0.2) is 23.1 Å². The molecule has 1 aromatic carbocycles. The third-order valence-electron chi connectivity index (χ3n) is 4.51. The van der Waals surface area contributed by atoms with Crippen LogP contribution in [0.5, 0.6) is 0 Å². The summed E-state index contributed by atoms with van der Waals surface area (Å²) in [5.74, 6) is 0. The molecule has 10 heteroatoms. The molecule has 2 fully saturated rings. The highest BCUT2D eigenvalue weighted by Gasteiger charge is 2.31. The number of rotatable bonds is 4. The monoisotopic (exact) mass is 385 g/mol. The Labute approximate surface area is 152 Å². The number of hydrogen-bond acceptors (Lipinski definition) is 7. The van der Waals surface area contributed by atoms with Crippen molar-refractivity contribution in [3.05, 3.63) is 28.3 Å². The summed E-state index contributed by atoms with van der Waals surface area (Å²) in [6, 6.07) is 4.12. The number of anilines is 1. The van der Waals surface area contributed by atoms with E-state index in [1.165, 1.54) is 16.4 Å². The lowest BCUT2D eigenvalue weighted by Gasteiger charge is -2.36. The Bertz CT molecular complexity index is 768. The van der Waals surface area contributed by atoms with Crippen molar-refractivity contribution in [2.45, 2.75) is 31.0 Å². The van der Waals surface area contributed by atoms with Crippen molar-refractivity contribution < 1.29 is 22.8 Å². The van der Waals surface area contributed by atoms with E-state index in [1.807, 2.05) is 18.7 Å². The molecular weight excluding hydrogens is 362 g/mol. The smallest absolute Gasteiger partial charge is 0.293 e. The van der Waals surface area contributed by atoms with Gasteiger partial charge < -0.3 is 14.4 Å². The number of hydrogen-bond donors (Lipinski definition) is 0. The highest BCUT2D eigenvalue weighted by molar-refractivity contribution is 7.89. The van der Waals surface area contributed by atoms with Crippen molar-refractivity contribution >= 4 is 21.4 Å². The first-order valence-corrected chi connectivity index (χ1v) is 10.00. The van der Waals surface area contributed by atoms with Gasteiger partial charge in [-0.1, -0.05) is 0 Å². The fraction of sp³-hybridized carbons (Fsp3) is 0.625. The minimum Gasteiger partial charge on any atom is -0.379 e. The van der Waals surface area contributed by atoms with Crippen molar-refractivity contribution in [2.24, 2.45) is 0 Å². The minimum atomic E-state index is -3.78. The molecule has 2 aliphatic rings. The summed E-state index contributed by atoms with van der Waals surface area (Å²) in [5.41, 5.74) is 0.207. The van der Waals surface area contributed by atoms with E-state index in [9.17, 15) is 18.5 Å². The lowest BCUT2D eigenvalue weighted by Crippen LogP contribution is -2.45. The van der Waals surface area contributed by atoms with Crippen LogP contribution in [0.2, 0.25) is 0 Å². The molecule has 9 nitrogen and oxygen atoms in total. The lowest BCUT2D eigenvalue weighted by molar-refractivity contribution is -0.384. The number of benzene rings is 1. The van der Waals surface area contributed by atoms with Gasteiger partial charge in [0.05, 0.1) is 35.2 Å². The summed E-state index contributed by atoms with van der Waals surface area (Å²) in [6.45, 7) is 5.98. The van der Waals surface area contributed by atoms with Gasteiger partial charge in [-0.15, -0.1) is 0 Å². The van der Waals surface area contributed by atoms with Crippen LogP contribution >= 0.6 is 0 Å². The molecule has 2 saturated heterocycles. The zero-order valence-electron chi connectivity index (χ0n) is 14.8. The van der Waals surface area contributed by atoms with Crippen molar-refractivity contribution in [1.82, 2.24) is 4.31 Å². The van der Waals surface area contributed by atoms with Gasteiger partial charge in [-0.05, 0) is 26.0 Å². The molecule has 3 rings (SSSR count). The zero-order chi connectivity index (χ0) is 18.9. The molecule has 2 heterocycles. The van der Waals surface area contributed by atoms with Crippen molar-refractivity contribution in [3.63, 3.8) is 0 Å². The predicted molar refractivity (Wildman–Crippen MR) is 94.9 cm³/mol. The van der Waals surface area contributed by atoms with E-state index in [1.54, 1.807) is 0 Å². The number of nitro benzene ring substituents is 1. The van der Waals surface area contributed by atoms with E-state index in [4.69, 9.17) is 9.47 Å². The first-order valence-electron chi connectivity index (χ1n) is 8.56. The van der Waals surface area contributed by atoms with E-state index in [0.717, 1.165) is 6.07 Å². The number of nitro groups is 1. The van der Waals surface area contributed by atoms with Crippen LogP contribution in [0.3, 0.4) is 0 Å². The van der Waals surface area contributed by atoms with Crippen molar-refractivity contribution in [3.8, 4) is 0 Å². The summed E-state index contributed by atoms with van der Waals surface area (Å²) in [5, 5.41) is 11.6. The Morgan fingerprint density at radius 3 is 2.35 bits per heavy atom. The van der Waals surface area contributed by atoms with Crippen LogP contribution in [-0.4, -0.2) is 69.2 Å². The second kappa shape index (κ2) is 7.47. The Hall–Kier alpha value is -1.75. The summed E-state index contributed by atoms with van der Waals surface area (Å²) in [7, 11) is -3.78. The van der Waals surface area contributed by atoms with Crippen molar-refractivity contribution in [1.29, 1.82) is 0 Å². The number of sulfonamides is 1. The van der Waals surface area contributed by atoms with Crippen LogP contribution in [0, 0.1) is 10.1 Å². The molecule has 0 aromatic heterocycles. The van der Waals surface area contributed by atoms with Gasteiger partial charge in [-0.3, -0.25) is 10.1 Å². The van der Waals surface area contributed by atoms with Gasteiger partial charge in [0.1, 0.15) is 5.69 Å². The lowest BCUT2D eigenvalue weighted by atomic mass is 10.2. The maximum Gasteiger partial charge on any atom is 0.293 e. The van der Waals surface area contributed by atoms with Gasteiger partial charge in [0, 0.05) is 32.2 Å². The highest BCUT2D eigenvalue weighted by Crippen LogP contribution is 2.33. The molecule has 0 aliphatic carbocycles. The predicted octanol–water partition coefficient (Wildman–Crippen LogP) is 1.23. The molecule has 0 bridgehead atoms. The van der Waals surface area contributed by atoms with E-state index in [-0.39, 0.29) is 35.9 Å². The average molecular weight is 385 g/mol. The van der Waals surface area contributed by atoms with Crippen LogP contribution in [0.25, 0.3) is 0 Å². The maximum absolute atomic E-state index is 12.8. The summed E-state index contributed by atoms with van der Waals surface area (Å²) >= 11 is 0. The van der Waals surface area contributed by atoms with E-state index < -0.39 is 14.9 Å². The van der Waals surface area contributed by atoms with E-state index in [2.05, 4.69) is 0 Å². The topological polar surface area (TPSA) is 102 Å². The van der Waals surface area contributed by atoms with E-state index in [0.29, 0.717) is 32.0 Å². The summed E-state index contributed by atoms with van der Waals surface area (Å²) in [4.78, 5) is 12.9. The molecule has 2 aliphatic heterocycles. The second-order valence-corrected chi connectivity index (χ2v) is 8.52. The standard InChI is InChI=1S/C16H23N3O6S/c1-12-10-17(11-13(2)25-12)15-4-3-14(9-16(15)19(20)21)26(22,23)18-5-7-24-8-6-18/h3-4,9,12-13H,5-8,10-11H2,1-2H3/t12-,13-/m0/s1. The SMILES string of the molecule is C[C@H]1CN(c2ccc(S(=O)(=O)N3CCOCC3)cc2[N+](=O)[O-])C[C@H](C)O1. The molecule has 0 spiro atoms. The normalized spacial score (nSPS) is 25.2. The van der Waals surface area contributed by atoms with E-state index >= 15 is 0 Å². The van der Waals surface area contributed by atoms with Gasteiger partial charge in [-0.25, -0.2) is 8.42 Å². The number of morpholine rings is 2. The van der Waals surface area contributed by atoms with Crippen LogP contribution in [-0.2, 0) is 19.5 Å². The molecule has 0 unspecified atom stereocenters. The first kappa shape index (κ1) is 19.0. The number of nitrogens with zero attached hydrogens (tertiary/aromatic N) is 3. The molecular formula is C16H23N3O6S. The maximum atomic E-state index is 12.8. The molecule has 26 heavy (non-hydrogen) atoms. The Balaban J connectivity index is 1.95. The Morgan fingerprint density at radius 2 is 1.77 bits per heavy atom. The fourth-order valence-corrected chi connectivity index (χ4v) is 4.82. The third kappa shape index (κ3) is 3.83. The van der Waals surface area contributed by atoms with Gasteiger partial charge in [0.2, 0.25) is 10.0 Å². The molecule has 0 N–H and O–H groups in total. The molecule has 144 valence electrons. The van der Waals surface area contributed by atoms with Crippen LogP contribution < -0.4 is 4.90 Å². The van der Waals surface area contributed by atoms with Gasteiger partial charge in [-0.2, -0.15) is 4.31 Å². The van der Waals surface area contributed by atoms with Gasteiger partial charge >= 0.3 is 0 Å². The van der Waals surface area contributed by atoms with Crippen molar-refractivity contribution in [2.75, 3.05) is 44.3 Å². The number of ether oxygens (including phenoxy) is 2. The molecule has 0 amide bonds. The minimum absolute atomic E-state index is 0.0601. The average Bonchev–Trinajstić information content (AvgIpc) is 2.61. The molecule has 1 aromatic rings. The molecule has 0 saturated carbocycles. The largest absolute Gasteiger partial charge is 0.379 e. The van der Waals surface area contributed by atoms with Gasteiger partial charge in [0.25, 0.3) is 5.69 Å². The first-order chi connectivity index (χ1) is 12.3. The molecule has 0 radical (unpaired) electrons. The highest BCUT2D eigenvalue weighted by atomic mass is 32.2. The fourth-order valence-electron chi connectivity index (χ4n) is 3.39. The Morgan fingerprint density at radius 1 is 1.15 bits per heavy atom. The zero-order valence-corrected chi connectivity index (χ0v) is 15.6. The molecule has 2 atom stereocenters. The van der Waals surface area contributed by atoms with Crippen LogP contribution in [0.4, 0.5) is 11.4 Å². The Kier molecular flexibility index (Phi) is 5.47.